The van der Waals surface area contributed by atoms with Crippen molar-refractivity contribution in [2.24, 2.45) is 5.18 Å². The summed E-state index contributed by atoms with van der Waals surface area (Å²) in [5, 5.41) is 3.06. The van der Waals surface area contributed by atoms with Crippen LogP contribution in [0.5, 0.6) is 0 Å². The molecule has 0 aliphatic heterocycles. The molecular weight excluding hydrogens is 216 g/mol. The first-order chi connectivity index (χ1) is 8.40. The van der Waals surface area contributed by atoms with Gasteiger partial charge in [0.1, 0.15) is 11.3 Å². The highest BCUT2D eigenvalue weighted by molar-refractivity contribution is 5.73. The van der Waals surface area contributed by atoms with Gasteiger partial charge < -0.3 is 0 Å². The van der Waals surface area contributed by atoms with Crippen molar-refractivity contribution in [1.29, 1.82) is 0 Å². The molecule has 0 saturated heterocycles. The Balaban J connectivity index is 2.33. The number of imidazole rings is 1. The van der Waals surface area contributed by atoms with E-state index in [0.29, 0.717) is 17.2 Å². The van der Waals surface area contributed by atoms with Crippen molar-refractivity contribution in [3.63, 3.8) is 0 Å². The Hall–Kier alpha value is -2.56. The molecule has 0 bridgehead atoms. The second-order valence-electron chi connectivity index (χ2n) is 3.55. The number of fused-ring (bicyclic) bond motifs is 1. The molecule has 0 amide bonds. The normalized spacial score (nSPS) is 10.6. The molecule has 0 N–H and O–H groups in total. The summed E-state index contributed by atoms with van der Waals surface area (Å²) in [7, 11) is 0. The number of hydrogen-bond donors (Lipinski definition) is 0. The fourth-order valence-corrected chi connectivity index (χ4v) is 1.77. The molecule has 82 valence electrons. The van der Waals surface area contributed by atoms with Crippen LogP contribution in [0.4, 0.5) is 5.82 Å². The molecule has 0 radical (unpaired) electrons. The van der Waals surface area contributed by atoms with Gasteiger partial charge in [0.2, 0.25) is 5.82 Å². The van der Waals surface area contributed by atoms with Crippen LogP contribution in [0.15, 0.2) is 54.1 Å². The molecule has 0 unspecified atom stereocenters. The van der Waals surface area contributed by atoms with Crippen molar-refractivity contribution in [1.82, 2.24) is 14.4 Å². The lowest BCUT2D eigenvalue weighted by atomic mass is 10.2. The van der Waals surface area contributed by atoms with E-state index in [1.807, 2.05) is 24.3 Å². The lowest BCUT2D eigenvalue weighted by Gasteiger charge is -1.95. The van der Waals surface area contributed by atoms with Crippen molar-refractivity contribution < 1.29 is 0 Å². The maximum absolute atomic E-state index is 10.9. The van der Waals surface area contributed by atoms with E-state index in [0.717, 1.165) is 5.56 Å². The Morgan fingerprint density at radius 3 is 2.88 bits per heavy atom. The van der Waals surface area contributed by atoms with E-state index in [2.05, 4.69) is 15.1 Å². The highest BCUT2D eigenvalue weighted by Gasteiger charge is 2.13. The first-order valence-electron chi connectivity index (χ1n) is 5.11. The number of pyridine rings is 2. The van der Waals surface area contributed by atoms with E-state index in [1.54, 1.807) is 29.1 Å². The average Bonchev–Trinajstić information content (AvgIpc) is 2.78. The topological polar surface area (TPSA) is 59.6 Å². The van der Waals surface area contributed by atoms with Gasteiger partial charge in [-0.3, -0.25) is 9.38 Å². The van der Waals surface area contributed by atoms with Gasteiger partial charge in [0.25, 0.3) is 0 Å². The SMILES string of the molecule is O=Nc1c(-c2cccnc2)nc2ccccn12. The zero-order valence-electron chi connectivity index (χ0n) is 8.82. The molecule has 0 fully saturated rings. The van der Waals surface area contributed by atoms with E-state index in [-0.39, 0.29) is 0 Å². The van der Waals surface area contributed by atoms with Crippen molar-refractivity contribution in [2.75, 3.05) is 0 Å². The molecule has 5 heteroatoms. The van der Waals surface area contributed by atoms with Crippen LogP contribution in [-0.2, 0) is 0 Å². The Morgan fingerprint density at radius 1 is 1.18 bits per heavy atom. The Labute approximate surface area is 96.7 Å². The summed E-state index contributed by atoms with van der Waals surface area (Å²) in [5.74, 6) is 0.300. The molecule has 3 heterocycles. The van der Waals surface area contributed by atoms with Crippen LogP contribution >= 0.6 is 0 Å². The van der Waals surface area contributed by atoms with Crippen molar-refractivity contribution >= 4 is 11.5 Å². The maximum atomic E-state index is 10.9. The minimum Gasteiger partial charge on any atom is -0.281 e. The number of hydrogen-bond acceptors (Lipinski definition) is 4. The van der Waals surface area contributed by atoms with Crippen LogP contribution < -0.4 is 0 Å². The Kier molecular flexibility index (Phi) is 2.15. The summed E-state index contributed by atoms with van der Waals surface area (Å²) in [5.41, 5.74) is 2.03. The van der Waals surface area contributed by atoms with Crippen LogP contribution in [-0.4, -0.2) is 14.4 Å². The van der Waals surface area contributed by atoms with Gasteiger partial charge in [0.05, 0.1) is 0 Å². The highest BCUT2D eigenvalue weighted by atomic mass is 16.3. The number of aromatic nitrogens is 3. The molecule has 0 aromatic carbocycles. The second-order valence-corrected chi connectivity index (χ2v) is 3.55. The molecule has 0 aliphatic rings. The van der Waals surface area contributed by atoms with E-state index in [1.165, 1.54) is 0 Å². The quantitative estimate of drug-likeness (QED) is 0.629. The third-order valence-corrected chi connectivity index (χ3v) is 2.53. The highest BCUT2D eigenvalue weighted by Crippen LogP contribution is 2.29. The minimum atomic E-state index is 0.300. The first kappa shape index (κ1) is 9.65. The largest absolute Gasteiger partial charge is 0.281 e. The summed E-state index contributed by atoms with van der Waals surface area (Å²) in [6.07, 6.45) is 5.10. The summed E-state index contributed by atoms with van der Waals surface area (Å²) >= 11 is 0. The van der Waals surface area contributed by atoms with Crippen LogP contribution in [0.1, 0.15) is 0 Å². The van der Waals surface area contributed by atoms with Crippen molar-refractivity contribution in [3.05, 3.63) is 53.8 Å². The van der Waals surface area contributed by atoms with Crippen molar-refractivity contribution in [3.8, 4) is 11.3 Å². The maximum Gasteiger partial charge on any atom is 0.209 e. The van der Waals surface area contributed by atoms with E-state index >= 15 is 0 Å². The fourth-order valence-electron chi connectivity index (χ4n) is 1.77. The van der Waals surface area contributed by atoms with Crippen molar-refractivity contribution in [2.45, 2.75) is 0 Å². The van der Waals surface area contributed by atoms with Gasteiger partial charge in [-0.25, -0.2) is 4.98 Å². The molecule has 0 aliphatic carbocycles. The van der Waals surface area contributed by atoms with Crippen LogP contribution in [0.2, 0.25) is 0 Å². The third-order valence-electron chi connectivity index (χ3n) is 2.53. The molecule has 3 rings (SSSR count). The molecule has 17 heavy (non-hydrogen) atoms. The summed E-state index contributed by atoms with van der Waals surface area (Å²) in [6.45, 7) is 0. The molecule has 3 aromatic heterocycles. The summed E-state index contributed by atoms with van der Waals surface area (Å²) in [4.78, 5) is 19.3. The van der Waals surface area contributed by atoms with Gasteiger partial charge in [-0.2, -0.15) is 0 Å². The third kappa shape index (κ3) is 1.48. The van der Waals surface area contributed by atoms with Crippen LogP contribution in [0.3, 0.4) is 0 Å². The number of nitrogens with zero attached hydrogens (tertiary/aromatic N) is 4. The van der Waals surface area contributed by atoms with E-state index in [9.17, 15) is 4.91 Å². The second kappa shape index (κ2) is 3.79. The smallest absolute Gasteiger partial charge is 0.209 e. The Morgan fingerprint density at radius 2 is 2.12 bits per heavy atom. The van der Waals surface area contributed by atoms with Gasteiger partial charge in [-0.05, 0) is 29.4 Å². The monoisotopic (exact) mass is 224 g/mol. The summed E-state index contributed by atoms with van der Waals surface area (Å²) < 4.78 is 1.66. The zero-order chi connectivity index (χ0) is 11.7. The molecule has 3 aromatic rings. The fraction of sp³-hybridized carbons (Fsp3) is 0. The zero-order valence-corrected chi connectivity index (χ0v) is 8.82. The van der Waals surface area contributed by atoms with Gasteiger partial charge in [-0.15, -0.1) is 4.91 Å². The first-order valence-corrected chi connectivity index (χ1v) is 5.11. The summed E-state index contributed by atoms with van der Waals surface area (Å²) in [6, 6.07) is 9.17. The number of nitroso groups, excluding NO2 is 1. The Bertz CT molecular complexity index is 675. The molecule has 0 saturated carbocycles. The lowest BCUT2D eigenvalue weighted by Crippen LogP contribution is -1.81. The molecule has 0 spiro atoms. The molecular formula is C12H8N4O. The van der Waals surface area contributed by atoms with E-state index in [4.69, 9.17) is 0 Å². The van der Waals surface area contributed by atoms with Crippen LogP contribution in [0.25, 0.3) is 16.9 Å². The van der Waals surface area contributed by atoms with E-state index < -0.39 is 0 Å². The molecule has 0 atom stereocenters. The predicted octanol–water partition coefficient (Wildman–Crippen LogP) is 2.79. The van der Waals surface area contributed by atoms with Gasteiger partial charge in [0.15, 0.2) is 0 Å². The predicted molar refractivity (Wildman–Crippen MR) is 63.9 cm³/mol. The van der Waals surface area contributed by atoms with Crippen LogP contribution in [0, 0.1) is 4.91 Å². The van der Waals surface area contributed by atoms with Gasteiger partial charge >= 0.3 is 0 Å². The molecule has 5 nitrogen and oxygen atoms in total. The standard InChI is InChI=1S/C12H8N4O/c17-15-12-11(9-4-3-6-13-8-9)14-10-5-1-2-7-16(10)12/h1-8H. The average molecular weight is 224 g/mol. The van der Waals surface area contributed by atoms with Gasteiger partial charge in [0, 0.05) is 24.2 Å². The lowest BCUT2D eigenvalue weighted by molar-refractivity contribution is 1.16. The number of rotatable bonds is 2. The van der Waals surface area contributed by atoms with Gasteiger partial charge in [-0.1, -0.05) is 6.07 Å². The minimum absolute atomic E-state index is 0.300.